The topological polar surface area (TPSA) is 111 Å². The van der Waals surface area contributed by atoms with E-state index < -0.39 is 61.4 Å². The first kappa shape index (κ1) is 70.1. The number of hydrogen-bond donors (Lipinski definition) is 0. The second-order valence-electron chi connectivity index (χ2n) is 26.1. The monoisotopic (exact) mass is 1350 g/mol. The molecule has 8 aromatic carbocycles. The van der Waals surface area contributed by atoms with E-state index in [1.54, 1.807) is 7.11 Å². The summed E-state index contributed by atoms with van der Waals surface area (Å²) in [5.41, 5.74) is 11.4. The first-order valence-electron chi connectivity index (χ1n) is 34.0. The number of benzene rings is 8. The van der Waals surface area contributed by atoms with Gasteiger partial charge in [-0.15, -0.1) is 0 Å². The summed E-state index contributed by atoms with van der Waals surface area (Å²) >= 11 is -0.0803. The second kappa shape index (κ2) is 35.9. The van der Waals surface area contributed by atoms with Gasteiger partial charge in [0.15, 0.2) is 0 Å². The normalized spacial score (nSPS) is 24.6. The van der Waals surface area contributed by atoms with Crippen molar-refractivity contribution in [1.29, 1.82) is 0 Å². The van der Waals surface area contributed by atoms with Gasteiger partial charge in [0, 0.05) is 0 Å². The Morgan fingerprint density at radius 2 is 0.705 bits per heavy atom. The average molecular weight is 1350 g/mol. The van der Waals surface area contributed by atoms with Crippen LogP contribution in [0.5, 0.6) is 0 Å². The molecule has 0 spiro atoms. The van der Waals surface area contributed by atoms with Gasteiger partial charge in [-0.2, -0.15) is 0 Å². The number of hydrogen-bond acceptors (Lipinski definition) is 12. The molecule has 0 bridgehead atoms. The van der Waals surface area contributed by atoms with Crippen LogP contribution in [-0.4, -0.2) is 109 Å². The van der Waals surface area contributed by atoms with Crippen LogP contribution in [0.25, 0.3) is 0 Å². The van der Waals surface area contributed by atoms with Crippen molar-refractivity contribution in [3.05, 3.63) is 280 Å². The Bertz CT molecular complexity index is 3430. The van der Waals surface area contributed by atoms with Crippen LogP contribution in [0, 0.1) is 0 Å². The predicted octanol–water partition coefficient (Wildman–Crippen LogP) is 15.6. The molecule has 3 aliphatic heterocycles. The van der Waals surface area contributed by atoms with E-state index in [2.05, 4.69) is 139 Å². The quantitative estimate of drug-likeness (QED) is 0.0365. The third-order valence-electron chi connectivity index (χ3n) is 18.1. The average Bonchev–Trinajstić information content (AvgIpc) is 1.74. The zero-order valence-corrected chi connectivity index (χ0v) is 57.9. The summed E-state index contributed by atoms with van der Waals surface area (Å²) in [6.45, 7) is 16.6. The van der Waals surface area contributed by atoms with Crippen molar-refractivity contribution in [1.82, 2.24) is 0 Å². The molecule has 3 fully saturated rings. The molecular formula is C82H96O12Se. The van der Waals surface area contributed by atoms with Crippen LogP contribution >= 0.6 is 0 Å². The van der Waals surface area contributed by atoms with E-state index in [9.17, 15) is 0 Å². The van der Waals surface area contributed by atoms with Gasteiger partial charge in [-0.1, -0.05) is 66.7 Å². The minimum absolute atomic E-state index is 0.0642. The van der Waals surface area contributed by atoms with Crippen molar-refractivity contribution in [3.8, 4) is 0 Å². The third kappa shape index (κ3) is 19.8. The SMILES string of the molecule is CO[C@H]1O[C@H](C[C@H]2C[C@@H]([Se]c3c(C(C)C)cc(C(C)C)cc3C(C)C)[C@H](CO[C@@H]3O[C@H](COCc4ccccc4)[C@@H](OCc4ccccc4)[C@H](OCc4ccccc4)[C@H]3OCc3ccccc3)O2)[C@@H](OCc2ccccc2)[C@H](OCc2ccccc2)[C@H]1OCc1ccccc1. The van der Waals surface area contributed by atoms with Crippen LogP contribution in [0.3, 0.4) is 0 Å². The molecule has 3 heterocycles. The Morgan fingerprint density at radius 1 is 0.358 bits per heavy atom. The summed E-state index contributed by atoms with van der Waals surface area (Å²) < 4.78 is 86.5. The molecule has 0 aliphatic carbocycles. The Kier molecular flexibility index (Phi) is 26.5. The maximum absolute atomic E-state index is 7.59. The van der Waals surface area contributed by atoms with Gasteiger partial charge in [0.25, 0.3) is 0 Å². The molecule has 0 saturated carbocycles. The molecule has 0 N–H and O–H groups in total. The number of ether oxygens (including phenoxy) is 12. The molecule has 13 atom stereocenters. The van der Waals surface area contributed by atoms with Crippen LogP contribution in [0.2, 0.25) is 4.82 Å². The third-order valence-corrected chi connectivity index (χ3v) is 21.2. The maximum atomic E-state index is 7.59. The van der Waals surface area contributed by atoms with Gasteiger partial charge in [-0.05, 0) is 0 Å². The van der Waals surface area contributed by atoms with Gasteiger partial charge in [0.1, 0.15) is 0 Å². The summed E-state index contributed by atoms with van der Waals surface area (Å²) in [7, 11) is 1.68. The fourth-order valence-corrected chi connectivity index (χ4v) is 16.6. The van der Waals surface area contributed by atoms with E-state index in [4.69, 9.17) is 56.8 Å². The summed E-state index contributed by atoms with van der Waals surface area (Å²) in [5.74, 6) is 0.978. The zero-order chi connectivity index (χ0) is 65.7. The van der Waals surface area contributed by atoms with Crippen molar-refractivity contribution in [3.63, 3.8) is 0 Å². The van der Waals surface area contributed by atoms with Crippen LogP contribution < -0.4 is 4.46 Å². The van der Waals surface area contributed by atoms with E-state index in [1.807, 2.05) is 127 Å². The number of rotatable bonds is 33. The summed E-state index contributed by atoms with van der Waals surface area (Å²) in [5, 5.41) is 0. The van der Waals surface area contributed by atoms with Crippen molar-refractivity contribution >= 4 is 19.4 Å². The molecule has 11 rings (SSSR count). The van der Waals surface area contributed by atoms with Gasteiger partial charge < -0.3 is 0 Å². The van der Waals surface area contributed by atoms with Crippen LogP contribution in [0.15, 0.2) is 224 Å². The predicted molar refractivity (Wildman–Crippen MR) is 372 cm³/mol. The van der Waals surface area contributed by atoms with Crippen molar-refractivity contribution in [2.24, 2.45) is 0 Å². The van der Waals surface area contributed by atoms with E-state index in [0.717, 1.165) is 45.4 Å². The van der Waals surface area contributed by atoms with Crippen molar-refractivity contribution in [2.75, 3.05) is 20.3 Å². The summed E-state index contributed by atoms with van der Waals surface area (Å²) in [6, 6.07) is 76.5. The van der Waals surface area contributed by atoms with E-state index in [1.165, 1.54) is 21.2 Å². The molecule has 8 aromatic rings. The molecule has 95 heavy (non-hydrogen) atoms. The van der Waals surface area contributed by atoms with Gasteiger partial charge in [-0.3, -0.25) is 0 Å². The molecular weight excluding hydrogens is 1260 g/mol. The molecule has 502 valence electrons. The molecule has 3 saturated heterocycles. The minimum atomic E-state index is -0.935. The molecule has 0 amide bonds. The van der Waals surface area contributed by atoms with E-state index in [-0.39, 0.29) is 51.8 Å². The van der Waals surface area contributed by atoms with Crippen molar-refractivity contribution in [2.45, 2.75) is 197 Å². The molecule has 0 unspecified atom stereocenters. The smallest absolute Gasteiger partial charge is 0.0622 e. The molecule has 0 radical (unpaired) electrons. The molecule has 3 aliphatic rings. The zero-order valence-electron chi connectivity index (χ0n) is 56.2. The van der Waals surface area contributed by atoms with Crippen LogP contribution in [-0.2, 0) is 103 Å². The Balaban J connectivity index is 0.949. The van der Waals surface area contributed by atoms with E-state index >= 15 is 0 Å². The molecule has 0 aromatic heterocycles. The van der Waals surface area contributed by atoms with E-state index in [0.29, 0.717) is 63.8 Å². The minimum Gasteiger partial charge on any atom is -0.0622 e. The molecule has 12 nitrogen and oxygen atoms in total. The Labute approximate surface area is 570 Å². The van der Waals surface area contributed by atoms with Crippen LogP contribution in [0.1, 0.15) is 128 Å². The summed E-state index contributed by atoms with van der Waals surface area (Å²) in [6.07, 6.45) is -6.24. The fourth-order valence-electron chi connectivity index (χ4n) is 12.9. The number of methoxy groups -OCH3 is 1. The second-order valence-corrected chi connectivity index (χ2v) is 28.8. The Morgan fingerprint density at radius 3 is 1.08 bits per heavy atom. The first-order chi connectivity index (χ1) is 46.5. The van der Waals surface area contributed by atoms with Gasteiger partial charge in [-0.25, -0.2) is 0 Å². The standard InChI is InChI=1S/C82H96O12Se/c1-56(2)66-43-68(57(3)4)80(69(44-66)58(5)6)95-73-46-67(45-70-74(85-48-60-31-17-9-18-32-60)76(87-50-62-35-21-11-22-36-62)78(81(83-7)93-70)89-52-64-39-25-13-26-40-64)92-71(73)55-91-82-79(90-53-65-41-27-14-28-42-65)77(88-51-63-37-23-12-24-38-63)75(86-49-61-33-19-10-20-34-61)72(94-82)54-84-47-59-29-15-8-16-30-59/h8-44,56-58,67,70-79,81-82H,45-55H2,1-7H3/t67-,70+,71-,72+,73+,74+,75+,76-,77-,78+,79+,81-,82+/m0/s1. The molecule has 13 heteroatoms. The first-order valence-corrected chi connectivity index (χ1v) is 35.9. The summed E-state index contributed by atoms with van der Waals surface area (Å²) in [4.78, 5) is 0.0642. The Hall–Kier alpha value is -6.20. The van der Waals surface area contributed by atoms with Crippen LogP contribution in [0.4, 0.5) is 0 Å². The van der Waals surface area contributed by atoms with Crippen molar-refractivity contribution < 1.29 is 56.8 Å². The van der Waals surface area contributed by atoms with Gasteiger partial charge >= 0.3 is 507 Å². The van der Waals surface area contributed by atoms with Gasteiger partial charge in [0.05, 0.1) is 0 Å². The van der Waals surface area contributed by atoms with Gasteiger partial charge in [0.2, 0.25) is 0 Å². The fraction of sp³-hybridized carbons (Fsp3) is 0.415.